The summed E-state index contributed by atoms with van der Waals surface area (Å²) >= 11 is 0. The van der Waals surface area contributed by atoms with E-state index in [0.717, 1.165) is 0 Å². The summed E-state index contributed by atoms with van der Waals surface area (Å²) in [6.07, 6.45) is -8.20. The highest BCUT2D eigenvalue weighted by Crippen LogP contribution is 2.23. The number of hydrogen-bond acceptors (Lipinski definition) is 8. The molecule has 0 spiro atoms. The maximum Gasteiger partial charge on any atom is 0.187 e. The molecule has 0 amide bonds. The summed E-state index contributed by atoms with van der Waals surface area (Å²) in [4.78, 5) is 0. The number of rotatable bonds is 6. The Bertz CT molecular complexity index is 263. The van der Waals surface area contributed by atoms with Gasteiger partial charge in [-0.3, -0.25) is 0 Å². The van der Waals surface area contributed by atoms with E-state index >= 15 is 0 Å². The topological polar surface area (TPSA) is 129 Å². The molecule has 4 unspecified atom stereocenters. The third-order valence-corrected chi connectivity index (χ3v) is 3.06. The lowest BCUT2D eigenvalue weighted by atomic mass is 10.00. The highest BCUT2D eigenvalue weighted by molar-refractivity contribution is 4.88. The predicted octanol–water partition coefficient (Wildman–Crippen LogP) is -2.80. The zero-order chi connectivity index (χ0) is 14.6. The second-order valence-corrected chi connectivity index (χ2v) is 4.56. The van der Waals surface area contributed by atoms with Gasteiger partial charge in [-0.25, -0.2) is 0 Å². The Kier molecular flexibility index (Phi) is 6.57. The fourth-order valence-electron chi connectivity index (χ4n) is 1.82. The quantitative estimate of drug-likeness (QED) is 0.353. The fraction of sp³-hybridized carbons (Fsp3) is 1.00. The molecule has 5 N–H and O–H groups in total. The highest BCUT2D eigenvalue weighted by Gasteiger charge is 2.43. The number of aliphatic hydroxyl groups is 5. The van der Waals surface area contributed by atoms with E-state index in [1.165, 1.54) is 14.0 Å². The molecule has 19 heavy (non-hydrogen) atoms. The van der Waals surface area contributed by atoms with E-state index in [0.29, 0.717) is 0 Å². The summed E-state index contributed by atoms with van der Waals surface area (Å²) in [5.41, 5.74) is 0. The molecule has 0 bridgehead atoms. The smallest absolute Gasteiger partial charge is 0.187 e. The molecule has 8 heteroatoms. The Morgan fingerprint density at radius 2 is 1.79 bits per heavy atom. The molecule has 1 rings (SSSR count). The number of hydrogen-bond donors (Lipinski definition) is 5. The van der Waals surface area contributed by atoms with Gasteiger partial charge in [0.15, 0.2) is 6.29 Å². The van der Waals surface area contributed by atoms with Gasteiger partial charge in [-0.1, -0.05) is 0 Å². The lowest BCUT2D eigenvalue weighted by Gasteiger charge is -2.40. The Balaban J connectivity index is 2.67. The van der Waals surface area contributed by atoms with Crippen molar-refractivity contribution in [3.8, 4) is 0 Å². The summed E-state index contributed by atoms with van der Waals surface area (Å²) in [5.74, 6) is 0. The molecule has 114 valence electrons. The highest BCUT2D eigenvalue weighted by atomic mass is 16.7. The van der Waals surface area contributed by atoms with E-state index in [2.05, 4.69) is 0 Å². The van der Waals surface area contributed by atoms with Crippen LogP contribution in [-0.4, -0.2) is 88.8 Å². The van der Waals surface area contributed by atoms with Crippen LogP contribution in [-0.2, 0) is 14.2 Å². The Hall–Kier alpha value is -0.320. The average Bonchev–Trinajstić information content (AvgIpc) is 2.40. The van der Waals surface area contributed by atoms with Crippen LogP contribution in [0.1, 0.15) is 6.92 Å². The molecule has 7 atom stereocenters. The normalized spacial score (nSPS) is 39.0. The summed E-state index contributed by atoms with van der Waals surface area (Å²) in [5, 5.41) is 47.3. The van der Waals surface area contributed by atoms with Crippen LogP contribution in [0.2, 0.25) is 0 Å². The first-order valence-corrected chi connectivity index (χ1v) is 6.05. The molecule has 0 saturated carbocycles. The van der Waals surface area contributed by atoms with Crippen molar-refractivity contribution in [2.75, 3.05) is 20.3 Å². The summed E-state index contributed by atoms with van der Waals surface area (Å²) in [6, 6.07) is 0. The Morgan fingerprint density at radius 3 is 2.32 bits per heavy atom. The minimum Gasteiger partial charge on any atom is -0.394 e. The first kappa shape index (κ1) is 16.7. The lowest BCUT2D eigenvalue weighted by molar-refractivity contribution is -0.313. The van der Waals surface area contributed by atoms with Gasteiger partial charge >= 0.3 is 0 Å². The molecular formula is C11H22O8. The molecule has 1 aliphatic heterocycles. The van der Waals surface area contributed by atoms with Gasteiger partial charge in [-0.05, 0) is 6.92 Å². The van der Waals surface area contributed by atoms with Gasteiger partial charge in [0.2, 0.25) is 0 Å². The monoisotopic (exact) mass is 282 g/mol. The van der Waals surface area contributed by atoms with Gasteiger partial charge in [-0.15, -0.1) is 0 Å². The number of ether oxygens (including phenoxy) is 3. The van der Waals surface area contributed by atoms with E-state index in [9.17, 15) is 20.4 Å². The lowest BCUT2D eigenvalue weighted by Crippen LogP contribution is -2.58. The maximum atomic E-state index is 9.75. The van der Waals surface area contributed by atoms with Crippen molar-refractivity contribution in [2.45, 2.75) is 49.8 Å². The zero-order valence-electron chi connectivity index (χ0n) is 10.9. The Labute approximate surface area is 111 Å². The standard InChI is InChI=1S/C11H22O8/c1-5-8(14)9(15)10(16)11(18-5)19-7(4-17-2)6(13)3-12/h5-16H,3-4H2,1-2H3/t5?,6?,7-,8+,9?,10?,11+/m1/s1. The zero-order valence-corrected chi connectivity index (χ0v) is 10.9. The number of aliphatic hydroxyl groups excluding tert-OH is 5. The Morgan fingerprint density at radius 1 is 1.16 bits per heavy atom. The van der Waals surface area contributed by atoms with E-state index in [1.807, 2.05) is 0 Å². The third kappa shape index (κ3) is 4.07. The molecule has 0 aromatic carbocycles. The maximum absolute atomic E-state index is 9.75. The van der Waals surface area contributed by atoms with E-state index in [-0.39, 0.29) is 6.61 Å². The van der Waals surface area contributed by atoms with Crippen LogP contribution in [0.5, 0.6) is 0 Å². The van der Waals surface area contributed by atoms with Gasteiger partial charge in [0, 0.05) is 7.11 Å². The van der Waals surface area contributed by atoms with Crippen molar-refractivity contribution in [2.24, 2.45) is 0 Å². The molecule has 0 radical (unpaired) electrons. The average molecular weight is 282 g/mol. The van der Waals surface area contributed by atoms with Gasteiger partial charge in [0.1, 0.15) is 30.5 Å². The summed E-state index contributed by atoms with van der Waals surface area (Å²) < 4.78 is 15.4. The molecule has 0 aromatic rings. The second-order valence-electron chi connectivity index (χ2n) is 4.56. The fourth-order valence-corrected chi connectivity index (χ4v) is 1.82. The molecule has 1 saturated heterocycles. The van der Waals surface area contributed by atoms with Crippen molar-refractivity contribution in [3.05, 3.63) is 0 Å². The van der Waals surface area contributed by atoms with Crippen molar-refractivity contribution in [1.29, 1.82) is 0 Å². The van der Waals surface area contributed by atoms with Crippen LogP contribution in [0, 0.1) is 0 Å². The third-order valence-electron chi connectivity index (χ3n) is 3.06. The first-order chi connectivity index (χ1) is 8.92. The van der Waals surface area contributed by atoms with Crippen LogP contribution in [0.3, 0.4) is 0 Å². The molecule has 8 nitrogen and oxygen atoms in total. The van der Waals surface area contributed by atoms with Gasteiger partial charge in [-0.2, -0.15) is 0 Å². The van der Waals surface area contributed by atoms with E-state index < -0.39 is 49.5 Å². The predicted molar refractivity (Wildman–Crippen MR) is 62.2 cm³/mol. The van der Waals surface area contributed by atoms with Gasteiger partial charge in [0.25, 0.3) is 0 Å². The second kappa shape index (κ2) is 7.46. The van der Waals surface area contributed by atoms with Crippen LogP contribution >= 0.6 is 0 Å². The molecule has 1 aliphatic rings. The number of methoxy groups -OCH3 is 1. The molecule has 0 aliphatic carbocycles. The van der Waals surface area contributed by atoms with Gasteiger partial charge < -0.3 is 39.7 Å². The van der Waals surface area contributed by atoms with Crippen molar-refractivity contribution < 1.29 is 39.7 Å². The van der Waals surface area contributed by atoms with Gasteiger partial charge in [0.05, 0.1) is 19.3 Å². The molecule has 0 aromatic heterocycles. The summed E-state index contributed by atoms with van der Waals surface area (Å²) in [6.45, 7) is 0.947. The SMILES string of the molecule is COC[C@@H](O[C@@H]1OC(C)[C@H](O)C(O)C1O)C(O)CO. The van der Waals surface area contributed by atoms with Crippen LogP contribution < -0.4 is 0 Å². The largest absolute Gasteiger partial charge is 0.394 e. The van der Waals surface area contributed by atoms with Crippen molar-refractivity contribution >= 4 is 0 Å². The minimum atomic E-state index is -1.46. The molecule has 1 heterocycles. The minimum absolute atomic E-state index is 0.0265. The van der Waals surface area contributed by atoms with Crippen molar-refractivity contribution in [1.82, 2.24) is 0 Å². The van der Waals surface area contributed by atoms with Crippen LogP contribution in [0.4, 0.5) is 0 Å². The molecule has 1 fully saturated rings. The van der Waals surface area contributed by atoms with E-state index in [4.69, 9.17) is 19.3 Å². The first-order valence-electron chi connectivity index (χ1n) is 6.05. The summed E-state index contributed by atoms with van der Waals surface area (Å²) in [7, 11) is 1.39. The van der Waals surface area contributed by atoms with E-state index in [1.54, 1.807) is 0 Å². The van der Waals surface area contributed by atoms with Crippen molar-refractivity contribution in [3.63, 3.8) is 0 Å². The van der Waals surface area contributed by atoms with Crippen LogP contribution in [0.15, 0.2) is 0 Å². The van der Waals surface area contributed by atoms with Crippen LogP contribution in [0.25, 0.3) is 0 Å². The molecular weight excluding hydrogens is 260 g/mol.